The van der Waals surface area contributed by atoms with Gasteiger partial charge in [0.15, 0.2) is 0 Å². The molecule has 0 aliphatic carbocycles. The summed E-state index contributed by atoms with van der Waals surface area (Å²) in [5, 5.41) is 9.89. The molecule has 1 aromatic rings. The molecular formula is C10H18N4O. The zero-order valence-corrected chi connectivity index (χ0v) is 9.29. The summed E-state index contributed by atoms with van der Waals surface area (Å²) >= 11 is 0. The Kier molecular flexibility index (Phi) is 4.83. The van der Waals surface area contributed by atoms with Gasteiger partial charge in [0.05, 0.1) is 18.8 Å². The Morgan fingerprint density at radius 2 is 2.40 bits per heavy atom. The Bertz CT molecular complexity index is 308. The monoisotopic (exact) mass is 210 g/mol. The van der Waals surface area contributed by atoms with Gasteiger partial charge in [-0.3, -0.25) is 9.48 Å². The molecule has 0 atom stereocenters. The first-order valence-electron chi connectivity index (χ1n) is 5.18. The van der Waals surface area contributed by atoms with Gasteiger partial charge < -0.3 is 10.6 Å². The van der Waals surface area contributed by atoms with E-state index >= 15 is 0 Å². The Balaban J connectivity index is 2.20. The van der Waals surface area contributed by atoms with Crippen LogP contribution in [0.3, 0.4) is 0 Å². The summed E-state index contributed by atoms with van der Waals surface area (Å²) in [6.45, 7) is 3.86. The second-order valence-electron chi connectivity index (χ2n) is 3.40. The van der Waals surface area contributed by atoms with E-state index in [0.717, 1.165) is 18.7 Å². The molecule has 0 bridgehead atoms. The van der Waals surface area contributed by atoms with Gasteiger partial charge in [0.1, 0.15) is 0 Å². The number of aromatic nitrogens is 2. The van der Waals surface area contributed by atoms with Gasteiger partial charge in [-0.2, -0.15) is 5.10 Å². The van der Waals surface area contributed by atoms with Gasteiger partial charge in [-0.05, 0) is 19.0 Å². The lowest BCUT2D eigenvalue weighted by Crippen LogP contribution is -2.34. The molecular weight excluding hydrogens is 192 g/mol. The van der Waals surface area contributed by atoms with Crippen molar-refractivity contribution in [1.29, 1.82) is 0 Å². The average Bonchev–Trinajstić information content (AvgIpc) is 2.61. The first-order valence-corrected chi connectivity index (χ1v) is 5.18. The summed E-state index contributed by atoms with van der Waals surface area (Å²) in [6, 6.07) is 1.89. The third-order valence-corrected chi connectivity index (χ3v) is 2.10. The van der Waals surface area contributed by atoms with Crippen molar-refractivity contribution < 1.29 is 4.79 Å². The molecule has 0 fully saturated rings. The molecule has 15 heavy (non-hydrogen) atoms. The number of hydrogen-bond donors (Lipinski definition) is 2. The predicted octanol–water partition coefficient (Wildman–Crippen LogP) is 0.0359. The van der Waals surface area contributed by atoms with Gasteiger partial charge in [0, 0.05) is 13.2 Å². The Hall–Kier alpha value is -1.36. The molecule has 1 rings (SSSR count). The van der Waals surface area contributed by atoms with Crippen molar-refractivity contribution in [1.82, 2.24) is 20.4 Å². The molecule has 84 valence electrons. The van der Waals surface area contributed by atoms with Crippen molar-refractivity contribution >= 4 is 5.91 Å². The molecule has 0 saturated carbocycles. The maximum absolute atomic E-state index is 11.3. The number of amides is 1. The van der Waals surface area contributed by atoms with Crippen molar-refractivity contribution in [3.63, 3.8) is 0 Å². The Morgan fingerprint density at radius 1 is 1.60 bits per heavy atom. The lowest BCUT2D eigenvalue weighted by Gasteiger charge is -2.06. The molecule has 5 nitrogen and oxygen atoms in total. The Morgan fingerprint density at radius 3 is 3.00 bits per heavy atom. The van der Waals surface area contributed by atoms with E-state index in [2.05, 4.69) is 22.7 Å². The number of aryl methyl sites for hydroxylation is 1. The maximum atomic E-state index is 11.3. The fourth-order valence-electron chi connectivity index (χ4n) is 1.21. The second-order valence-corrected chi connectivity index (χ2v) is 3.40. The third-order valence-electron chi connectivity index (χ3n) is 2.10. The van der Waals surface area contributed by atoms with Crippen LogP contribution in [0.2, 0.25) is 0 Å². The fraction of sp³-hybridized carbons (Fsp3) is 0.600. The molecule has 1 aromatic heterocycles. The van der Waals surface area contributed by atoms with Gasteiger partial charge >= 0.3 is 0 Å². The first kappa shape index (κ1) is 11.7. The molecule has 0 saturated heterocycles. The number of carbonyl (C=O) groups excluding carboxylic acids is 1. The highest BCUT2D eigenvalue weighted by atomic mass is 16.1. The second kappa shape index (κ2) is 6.19. The standard InChI is InChI=1S/C10H18N4O/c1-3-5-11-8-10(15)12-7-9-4-6-13-14(9)2/h4,6,11H,3,5,7-8H2,1-2H3,(H,12,15). The van der Waals surface area contributed by atoms with Crippen LogP contribution >= 0.6 is 0 Å². The lowest BCUT2D eigenvalue weighted by molar-refractivity contribution is -0.120. The predicted molar refractivity (Wildman–Crippen MR) is 58.2 cm³/mol. The number of nitrogens with one attached hydrogen (secondary N) is 2. The quantitative estimate of drug-likeness (QED) is 0.652. The van der Waals surface area contributed by atoms with Crippen LogP contribution < -0.4 is 10.6 Å². The minimum absolute atomic E-state index is 0.0182. The minimum atomic E-state index is 0.0182. The van der Waals surface area contributed by atoms with E-state index in [9.17, 15) is 4.79 Å². The van der Waals surface area contributed by atoms with E-state index in [4.69, 9.17) is 0 Å². The van der Waals surface area contributed by atoms with E-state index in [1.54, 1.807) is 10.9 Å². The summed E-state index contributed by atoms with van der Waals surface area (Å²) in [7, 11) is 1.86. The number of rotatable bonds is 6. The van der Waals surface area contributed by atoms with Crippen molar-refractivity contribution in [3.8, 4) is 0 Å². The number of nitrogens with zero attached hydrogens (tertiary/aromatic N) is 2. The van der Waals surface area contributed by atoms with Gasteiger partial charge in [0.25, 0.3) is 0 Å². The summed E-state index contributed by atoms with van der Waals surface area (Å²) in [4.78, 5) is 11.3. The van der Waals surface area contributed by atoms with E-state index in [1.165, 1.54) is 0 Å². The van der Waals surface area contributed by atoms with Crippen LogP contribution in [-0.2, 0) is 18.4 Å². The van der Waals surface area contributed by atoms with E-state index < -0.39 is 0 Å². The van der Waals surface area contributed by atoms with Crippen LogP contribution in [0.25, 0.3) is 0 Å². The largest absolute Gasteiger partial charge is 0.349 e. The van der Waals surface area contributed by atoms with E-state index in [-0.39, 0.29) is 5.91 Å². The molecule has 0 aliphatic rings. The molecule has 0 aromatic carbocycles. The van der Waals surface area contributed by atoms with Crippen LogP contribution in [-0.4, -0.2) is 28.8 Å². The highest BCUT2D eigenvalue weighted by Gasteiger charge is 2.02. The van der Waals surface area contributed by atoms with Crippen LogP contribution in [0.15, 0.2) is 12.3 Å². The smallest absolute Gasteiger partial charge is 0.234 e. The third kappa shape index (κ3) is 4.12. The molecule has 1 amide bonds. The molecule has 0 aliphatic heterocycles. The highest BCUT2D eigenvalue weighted by Crippen LogP contribution is 1.94. The van der Waals surface area contributed by atoms with Crippen LogP contribution in [0, 0.1) is 0 Å². The SMILES string of the molecule is CCCNCC(=O)NCc1ccnn1C. The number of hydrogen-bond acceptors (Lipinski definition) is 3. The van der Waals surface area contributed by atoms with Crippen LogP contribution in [0.4, 0.5) is 0 Å². The fourth-order valence-corrected chi connectivity index (χ4v) is 1.21. The molecule has 0 radical (unpaired) electrons. The van der Waals surface area contributed by atoms with Crippen LogP contribution in [0.5, 0.6) is 0 Å². The zero-order chi connectivity index (χ0) is 11.1. The molecule has 5 heteroatoms. The van der Waals surface area contributed by atoms with Crippen molar-refractivity contribution in [2.24, 2.45) is 7.05 Å². The zero-order valence-electron chi connectivity index (χ0n) is 9.29. The van der Waals surface area contributed by atoms with E-state index in [0.29, 0.717) is 13.1 Å². The summed E-state index contributed by atoms with van der Waals surface area (Å²) in [5.74, 6) is 0.0182. The summed E-state index contributed by atoms with van der Waals surface area (Å²) < 4.78 is 1.75. The van der Waals surface area contributed by atoms with E-state index in [1.807, 2.05) is 13.1 Å². The molecule has 1 heterocycles. The first-order chi connectivity index (χ1) is 7.24. The van der Waals surface area contributed by atoms with Gasteiger partial charge in [-0.1, -0.05) is 6.92 Å². The minimum Gasteiger partial charge on any atom is -0.349 e. The summed E-state index contributed by atoms with van der Waals surface area (Å²) in [5.41, 5.74) is 0.999. The van der Waals surface area contributed by atoms with Crippen molar-refractivity contribution in [3.05, 3.63) is 18.0 Å². The average molecular weight is 210 g/mol. The van der Waals surface area contributed by atoms with Gasteiger partial charge in [-0.25, -0.2) is 0 Å². The van der Waals surface area contributed by atoms with Crippen molar-refractivity contribution in [2.45, 2.75) is 19.9 Å². The van der Waals surface area contributed by atoms with Gasteiger partial charge in [0.2, 0.25) is 5.91 Å². The van der Waals surface area contributed by atoms with Crippen LogP contribution in [0.1, 0.15) is 19.0 Å². The maximum Gasteiger partial charge on any atom is 0.234 e. The van der Waals surface area contributed by atoms with Crippen molar-refractivity contribution in [2.75, 3.05) is 13.1 Å². The Labute approximate surface area is 89.9 Å². The molecule has 2 N–H and O–H groups in total. The molecule has 0 unspecified atom stereocenters. The lowest BCUT2D eigenvalue weighted by atomic mass is 10.4. The normalized spacial score (nSPS) is 10.3. The number of carbonyl (C=O) groups is 1. The highest BCUT2D eigenvalue weighted by molar-refractivity contribution is 5.77. The van der Waals surface area contributed by atoms with Gasteiger partial charge in [-0.15, -0.1) is 0 Å². The molecule has 0 spiro atoms. The topological polar surface area (TPSA) is 59.0 Å². The summed E-state index contributed by atoms with van der Waals surface area (Å²) in [6.07, 6.45) is 2.76.